The maximum atomic E-state index is 5.70. The molecule has 0 radical (unpaired) electrons. The van der Waals surface area contributed by atoms with Gasteiger partial charge in [-0.3, -0.25) is 0 Å². The second kappa shape index (κ2) is 7.50. The number of fused-ring (bicyclic) bond motifs is 1. The smallest absolute Gasteiger partial charge is 0.191 e. The molecule has 0 atom stereocenters. The van der Waals surface area contributed by atoms with Crippen LogP contribution in [0, 0.1) is 0 Å². The zero-order valence-corrected chi connectivity index (χ0v) is 13.0. The van der Waals surface area contributed by atoms with Gasteiger partial charge in [-0.1, -0.05) is 36.4 Å². The van der Waals surface area contributed by atoms with Crippen LogP contribution in [-0.2, 0) is 13.0 Å². The summed E-state index contributed by atoms with van der Waals surface area (Å²) >= 11 is 1.80. The standard InChI is InChI=1S/C16H21N3OS/c1-3-8-14(9-4-1)20-12-7-13-21-16-18-17-15-10-5-2-6-11-19(15)16/h1,3-4,8-9H,2,5-7,10-13H2. The molecule has 1 aromatic carbocycles. The number of hydrogen-bond acceptors (Lipinski definition) is 4. The van der Waals surface area contributed by atoms with Crippen LogP contribution < -0.4 is 4.74 Å². The summed E-state index contributed by atoms with van der Waals surface area (Å²) in [6.07, 6.45) is 5.88. The van der Waals surface area contributed by atoms with Gasteiger partial charge in [0.1, 0.15) is 11.6 Å². The van der Waals surface area contributed by atoms with Gasteiger partial charge in [0.2, 0.25) is 0 Å². The van der Waals surface area contributed by atoms with E-state index in [9.17, 15) is 0 Å². The van der Waals surface area contributed by atoms with Crippen molar-refractivity contribution in [3.05, 3.63) is 36.2 Å². The first-order valence-electron chi connectivity index (χ1n) is 7.66. The van der Waals surface area contributed by atoms with Gasteiger partial charge in [-0.15, -0.1) is 10.2 Å². The third kappa shape index (κ3) is 4.00. The molecule has 0 saturated heterocycles. The first-order valence-corrected chi connectivity index (χ1v) is 8.65. The van der Waals surface area contributed by atoms with Gasteiger partial charge in [0.05, 0.1) is 6.61 Å². The summed E-state index contributed by atoms with van der Waals surface area (Å²) in [4.78, 5) is 0. The van der Waals surface area contributed by atoms with E-state index in [-0.39, 0.29) is 0 Å². The Hall–Kier alpha value is -1.49. The highest BCUT2D eigenvalue weighted by atomic mass is 32.2. The fourth-order valence-corrected chi connectivity index (χ4v) is 3.39. The lowest BCUT2D eigenvalue weighted by atomic mass is 10.2. The van der Waals surface area contributed by atoms with Crippen LogP contribution in [0.1, 0.15) is 31.5 Å². The van der Waals surface area contributed by atoms with E-state index in [4.69, 9.17) is 4.74 Å². The maximum absolute atomic E-state index is 5.70. The van der Waals surface area contributed by atoms with Crippen molar-refractivity contribution in [1.29, 1.82) is 0 Å². The number of nitrogens with zero attached hydrogens (tertiary/aromatic N) is 3. The monoisotopic (exact) mass is 303 g/mol. The summed E-state index contributed by atoms with van der Waals surface area (Å²) in [7, 11) is 0. The van der Waals surface area contributed by atoms with Crippen LogP contribution in [0.3, 0.4) is 0 Å². The molecule has 0 fully saturated rings. The number of para-hydroxylation sites is 1. The maximum Gasteiger partial charge on any atom is 0.191 e. The molecule has 21 heavy (non-hydrogen) atoms. The molecular weight excluding hydrogens is 282 g/mol. The van der Waals surface area contributed by atoms with Crippen LogP contribution in [0.15, 0.2) is 35.5 Å². The Kier molecular flexibility index (Phi) is 5.16. The normalized spacial score (nSPS) is 14.5. The van der Waals surface area contributed by atoms with Gasteiger partial charge in [0.15, 0.2) is 5.16 Å². The SMILES string of the molecule is c1ccc(OCCCSc2nnc3n2CCCCC3)cc1. The minimum atomic E-state index is 0.748. The molecule has 1 aliphatic rings. The Morgan fingerprint density at radius 1 is 1.10 bits per heavy atom. The van der Waals surface area contributed by atoms with E-state index < -0.39 is 0 Å². The molecule has 1 aromatic heterocycles. The van der Waals surface area contributed by atoms with Gasteiger partial charge in [-0.2, -0.15) is 0 Å². The van der Waals surface area contributed by atoms with Gasteiger partial charge < -0.3 is 9.30 Å². The van der Waals surface area contributed by atoms with Gasteiger partial charge >= 0.3 is 0 Å². The van der Waals surface area contributed by atoms with E-state index in [1.165, 1.54) is 19.3 Å². The third-order valence-electron chi connectivity index (χ3n) is 3.61. The van der Waals surface area contributed by atoms with E-state index in [0.29, 0.717) is 0 Å². The third-order valence-corrected chi connectivity index (χ3v) is 4.66. The van der Waals surface area contributed by atoms with Crippen LogP contribution in [0.2, 0.25) is 0 Å². The minimum Gasteiger partial charge on any atom is -0.494 e. The summed E-state index contributed by atoms with van der Waals surface area (Å²) in [6.45, 7) is 1.82. The minimum absolute atomic E-state index is 0.748. The molecule has 0 saturated carbocycles. The van der Waals surface area contributed by atoms with Gasteiger partial charge in [0, 0.05) is 18.7 Å². The quantitative estimate of drug-likeness (QED) is 0.604. The number of ether oxygens (including phenoxy) is 1. The molecule has 1 aliphatic heterocycles. The van der Waals surface area contributed by atoms with E-state index in [2.05, 4.69) is 14.8 Å². The molecule has 0 N–H and O–H groups in total. The molecule has 4 nitrogen and oxygen atoms in total. The summed E-state index contributed by atoms with van der Waals surface area (Å²) in [5, 5.41) is 9.73. The zero-order chi connectivity index (χ0) is 14.3. The molecule has 2 aromatic rings. The van der Waals surface area contributed by atoms with E-state index in [1.807, 2.05) is 30.3 Å². The van der Waals surface area contributed by atoms with E-state index in [1.54, 1.807) is 11.8 Å². The molecule has 3 rings (SSSR count). The van der Waals surface area contributed by atoms with Crippen molar-refractivity contribution in [1.82, 2.24) is 14.8 Å². The summed E-state index contributed by atoms with van der Waals surface area (Å²) in [6, 6.07) is 9.97. The van der Waals surface area contributed by atoms with E-state index in [0.717, 1.165) is 48.5 Å². The number of hydrogen-bond donors (Lipinski definition) is 0. The number of thioether (sulfide) groups is 1. The van der Waals surface area contributed by atoms with Crippen molar-refractivity contribution in [2.45, 2.75) is 43.8 Å². The Morgan fingerprint density at radius 2 is 2.00 bits per heavy atom. The number of benzene rings is 1. The first kappa shape index (κ1) is 14.4. The van der Waals surface area contributed by atoms with Crippen molar-refractivity contribution in [3.8, 4) is 5.75 Å². The second-order valence-corrected chi connectivity index (χ2v) is 6.29. The largest absolute Gasteiger partial charge is 0.494 e. The Balaban J connectivity index is 1.42. The molecule has 112 valence electrons. The number of aryl methyl sites for hydroxylation is 1. The van der Waals surface area contributed by atoms with Crippen molar-refractivity contribution in [3.63, 3.8) is 0 Å². The molecule has 0 unspecified atom stereocenters. The average Bonchev–Trinajstić information content (AvgIpc) is 2.76. The van der Waals surface area contributed by atoms with Crippen LogP contribution >= 0.6 is 11.8 Å². The Bertz CT molecular complexity index is 556. The fourth-order valence-electron chi connectivity index (χ4n) is 2.49. The topological polar surface area (TPSA) is 39.9 Å². The highest BCUT2D eigenvalue weighted by molar-refractivity contribution is 7.99. The predicted octanol–water partition coefficient (Wildman–Crippen LogP) is 3.57. The van der Waals surface area contributed by atoms with Crippen LogP contribution in [0.5, 0.6) is 5.75 Å². The second-order valence-electron chi connectivity index (χ2n) is 5.22. The molecule has 2 heterocycles. The van der Waals surface area contributed by atoms with E-state index >= 15 is 0 Å². The van der Waals surface area contributed by atoms with Crippen molar-refractivity contribution >= 4 is 11.8 Å². The number of aromatic nitrogens is 3. The van der Waals surface area contributed by atoms with Crippen LogP contribution in [0.25, 0.3) is 0 Å². The van der Waals surface area contributed by atoms with Crippen molar-refractivity contribution in [2.24, 2.45) is 0 Å². The summed E-state index contributed by atoms with van der Waals surface area (Å²) in [5.74, 6) is 3.12. The van der Waals surface area contributed by atoms with Gasteiger partial charge in [0.25, 0.3) is 0 Å². The predicted molar refractivity (Wildman–Crippen MR) is 84.9 cm³/mol. The highest BCUT2D eigenvalue weighted by Crippen LogP contribution is 2.22. The lowest BCUT2D eigenvalue weighted by molar-refractivity contribution is 0.318. The summed E-state index contributed by atoms with van der Waals surface area (Å²) < 4.78 is 8.00. The Labute approximate surface area is 129 Å². The zero-order valence-electron chi connectivity index (χ0n) is 12.2. The number of rotatable bonds is 6. The van der Waals surface area contributed by atoms with Gasteiger partial charge in [-0.05, 0) is 31.4 Å². The molecular formula is C16H21N3OS. The Morgan fingerprint density at radius 3 is 2.90 bits per heavy atom. The lowest BCUT2D eigenvalue weighted by Gasteiger charge is -2.07. The van der Waals surface area contributed by atoms with Crippen molar-refractivity contribution < 1.29 is 4.74 Å². The van der Waals surface area contributed by atoms with Gasteiger partial charge in [-0.25, -0.2) is 0 Å². The fraction of sp³-hybridized carbons (Fsp3) is 0.500. The van der Waals surface area contributed by atoms with Crippen molar-refractivity contribution in [2.75, 3.05) is 12.4 Å². The lowest BCUT2D eigenvalue weighted by Crippen LogP contribution is -2.03. The average molecular weight is 303 g/mol. The molecule has 5 heteroatoms. The molecule has 0 aliphatic carbocycles. The first-order chi connectivity index (χ1) is 10.4. The van der Waals surface area contributed by atoms with Crippen LogP contribution in [-0.4, -0.2) is 27.1 Å². The van der Waals surface area contributed by atoms with Crippen LogP contribution in [0.4, 0.5) is 0 Å². The molecule has 0 amide bonds. The highest BCUT2D eigenvalue weighted by Gasteiger charge is 2.14. The molecule has 0 spiro atoms. The molecule has 0 bridgehead atoms. The summed E-state index contributed by atoms with van der Waals surface area (Å²) in [5.41, 5.74) is 0.